The first-order valence-corrected chi connectivity index (χ1v) is 10.0. The fraction of sp³-hybridized carbons (Fsp3) is 0.391. The van der Waals surface area contributed by atoms with Crippen LogP contribution in [0.4, 0.5) is 5.69 Å². The molecule has 0 aromatic heterocycles. The summed E-state index contributed by atoms with van der Waals surface area (Å²) >= 11 is 0. The Morgan fingerprint density at radius 2 is 1.86 bits per heavy atom. The molecule has 5 heteroatoms. The first-order valence-electron chi connectivity index (χ1n) is 10.0. The zero-order valence-electron chi connectivity index (χ0n) is 16.7. The number of hydrogen-bond donors (Lipinski definition) is 1. The minimum absolute atomic E-state index is 0.00496. The van der Waals surface area contributed by atoms with Crippen LogP contribution in [0.3, 0.4) is 0 Å². The fourth-order valence-corrected chi connectivity index (χ4v) is 3.74. The molecule has 2 aromatic rings. The van der Waals surface area contributed by atoms with E-state index in [0.717, 1.165) is 36.1 Å². The molecule has 1 heterocycles. The van der Waals surface area contributed by atoms with E-state index in [2.05, 4.69) is 36.5 Å². The van der Waals surface area contributed by atoms with Crippen LogP contribution < -0.4 is 10.2 Å². The molecule has 0 bridgehead atoms. The van der Waals surface area contributed by atoms with Gasteiger partial charge in [0.25, 0.3) is 0 Å². The summed E-state index contributed by atoms with van der Waals surface area (Å²) in [5.41, 5.74) is 3.11. The van der Waals surface area contributed by atoms with Crippen LogP contribution in [0.1, 0.15) is 26.2 Å². The number of benzene rings is 2. The van der Waals surface area contributed by atoms with Gasteiger partial charge in [0.05, 0.1) is 12.6 Å². The van der Waals surface area contributed by atoms with Gasteiger partial charge >= 0.3 is 0 Å². The minimum Gasteiger partial charge on any atom is -0.327 e. The highest BCUT2D eigenvalue weighted by molar-refractivity contribution is 5.98. The molecule has 0 aliphatic carbocycles. The standard InChI is InChI=1S/C23H29N3O2/c1-3-4-12-21-16-25(23(28)17-26(21)22(27)15-24-2)20-13-8-11-19(14-20)18-9-6-5-7-10-18/h5-11,13-14,21,24H,3-4,12,15-17H2,1-2H3/t21-/m1/s1. The lowest BCUT2D eigenvalue weighted by Gasteiger charge is -2.41. The van der Waals surface area contributed by atoms with Crippen molar-refractivity contribution < 1.29 is 9.59 Å². The van der Waals surface area contributed by atoms with E-state index in [0.29, 0.717) is 6.54 Å². The molecular formula is C23H29N3O2. The van der Waals surface area contributed by atoms with Gasteiger partial charge in [-0.2, -0.15) is 0 Å². The van der Waals surface area contributed by atoms with Crippen LogP contribution in [0.2, 0.25) is 0 Å². The lowest BCUT2D eigenvalue weighted by molar-refractivity contribution is -0.139. The summed E-state index contributed by atoms with van der Waals surface area (Å²) in [6.07, 6.45) is 3.02. The molecule has 2 amide bonds. The van der Waals surface area contributed by atoms with Crippen LogP contribution in [0.25, 0.3) is 11.1 Å². The molecule has 1 aliphatic heterocycles. The van der Waals surface area contributed by atoms with Crippen molar-refractivity contribution in [2.24, 2.45) is 0 Å². The van der Waals surface area contributed by atoms with Gasteiger partial charge in [0.2, 0.25) is 11.8 Å². The monoisotopic (exact) mass is 379 g/mol. The molecule has 28 heavy (non-hydrogen) atoms. The zero-order chi connectivity index (χ0) is 19.9. The smallest absolute Gasteiger partial charge is 0.246 e. The topological polar surface area (TPSA) is 52.7 Å². The predicted octanol–water partition coefficient (Wildman–Crippen LogP) is 3.31. The Hall–Kier alpha value is -2.66. The average molecular weight is 380 g/mol. The lowest BCUT2D eigenvalue weighted by atomic mass is 10.0. The van der Waals surface area contributed by atoms with E-state index in [1.165, 1.54) is 0 Å². The number of nitrogens with one attached hydrogen (secondary N) is 1. The second kappa shape index (κ2) is 9.51. The second-order valence-corrected chi connectivity index (χ2v) is 7.27. The van der Waals surface area contributed by atoms with Gasteiger partial charge in [-0.15, -0.1) is 0 Å². The number of carbonyl (C=O) groups excluding carboxylic acids is 2. The maximum atomic E-state index is 12.9. The molecule has 0 unspecified atom stereocenters. The highest BCUT2D eigenvalue weighted by Crippen LogP contribution is 2.27. The van der Waals surface area contributed by atoms with Crippen LogP contribution in [-0.4, -0.2) is 49.4 Å². The highest BCUT2D eigenvalue weighted by Gasteiger charge is 2.34. The Bertz CT molecular complexity index is 807. The molecular weight excluding hydrogens is 350 g/mol. The molecule has 0 spiro atoms. The van der Waals surface area contributed by atoms with Crippen LogP contribution in [0.5, 0.6) is 0 Å². The van der Waals surface area contributed by atoms with E-state index in [1.807, 2.05) is 35.2 Å². The van der Waals surface area contributed by atoms with Gasteiger partial charge in [-0.3, -0.25) is 9.59 Å². The third-order valence-corrected chi connectivity index (χ3v) is 5.24. The molecule has 0 radical (unpaired) electrons. The predicted molar refractivity (Wildman–Crippen MR) is 113 cm³/mol. The molecule has 1 saturated heterocycles. The van der Waals surface area contributed by atoms with E-state index < -0.39 is 0 Å². The zero-order valence-corrected chi connectivity index (χ0v) is 16.7. The molecule has 1 N–H and O–H groups in total. The van der Waals surface area contributed by atoms with Crippen LogP contribution in [0, 0.1) is 0 Å². The molecule has 3 rings (SSSR count). The van der Waals surface area contributed by atoms with Crippen LogP contribution in [0.15, 0.2) is 54.6 Å². The summed E-state index contributed by atoms with van der Waals surface area (Å²) < 4.78 is 0. The van der Waals surface area contributed by atoms with Crippen molar-refractivity contribution in [3.63, 3.8) is 0 Å². The van der Waals surface area contributed by atoms with Gasteiger partial charge in [-0.05, 0) is 36.7 Å². The van der Waals surface area contributed by atoms with Gasteiger partial charge in [0.15, 0.2) is 0 Å². The number of unbranched alkanes of at least 4 members (excludes halogenated alkanes) is 1. The Kier molecular flexibility index (Phi) is 6.82. The quantitative estimate of drug-likeness (QED) is 0.803. The summed E-state index contributed by atoms with van der Waals surface area (Å²) in [6.45, 7) is 3.10. The number of likely N-dealkylation sites (N-methyl/N-ethyl adjacent to an activating group) is 1. The number of carbonyl (C=O) groups is 2. The first kappa shape index (κ1) is 20.1. The largest absolute Gasteiger partial charge is 0.327 e. The van der Waals surface area contributed by atoms with Crippen molar-refractivity contribution in [1.82, 2.24) is 10.2 Å². The normalized spacial score (nSPS) is 17.1. The van der Waals surface area contributed by atoms with Crippen LogP contribution >= 0.6 is 0 Å². The van der Waals surface area contributed by atoms with Crippen molar-refractivity contribution in [2.45, 2.75) is 32.2 Å². The Morgan fingerprint density at radius 1 is 1.11 bits per heavy atom. The summed E-state index contributed by atoms with van der Waals surface area (Å²) in [5.74, 6) is -0.0305. The number of nitrogens with zero attached hydrogens (tertiary/aromatic N) is 2. The molecule has 2 aromatic carbocycles. The van der Waals surface area contributed by atoms with Crippen molar-refractivity contribution in [2.75, 3.05) is 31.6 Å². The van der Waals surface area contributed by atoms with E-state index in [4.69, 9.17) is 0 Å². The van der Waals surface area contributed by atoms with Crippen molar-refractivity contribution >= 4 is 17.5 Å². The maximum absolute atomic E-state index is 12.9. The SMILES string of the molecule is CCCC[C@@H]1CN(c2cccc(-c3ccccc3)c2)C(=O)CN1C(=O)CNC. The van der Waals surface area contributed by atoms with E-state index in [-0.39, 0.29) is 30.9 Å². The van der Waals surface area contributed by atoms with Gasteiger partial charge in [0.1, 0.15) is 6.54 Å². The van der Waals surface area contributed by atoms with Crippen LogP contribution in [-0.2, 0) is 9.59 Å². The average Bonchev–Trinajstić information content (AvgIpc) is 2.73. The molecule has 1 fully saturated rings. The summed E-state index contributed by atoms with van der Waals surface area (Å²) in [7, 11) is 1.76. The molecule has 1 atom stereocenters. The van der Waals surface area contributed by atoms with E-state index in [1.54, 1.807) is 11.9 Å². The Balaban J connectivity index is 1.84. The summed E-state index contributed by atoms with van der Waals surface area (Å²) in [6, 6.07) is 18.3. The first-order chi connectivity index (χ1) is 13.6. The van der Waals surface area contributed by atoms with Crippen molar-refractivity contribution in [3.8, 4) is 11.1 Å². The van der Waals surface area contributed by atoms with Crippen molar-refractivity contribution in [3.05, 3.63) is 54.6 Å². The molecule has 0 saturated carbocycles. The third kappa shape index (κ3) is 4.60. The Labute approximate surface area is 167 Å². The second-order valence-electron chi connectivity index (χ2n) is 7.27. The maximum Gasteiger partial charge on any atom is 0.246 e. The van der Waals surface area contributed by atoms with Gasteiger partial charge in [-0.1, -0.05) is 62.2 Å². The highest BCUT2D eigenvalue weighted by atomic mass is 16.2. The molecule has 148 valence electrons. The fourth-order valence-electron chi connectivity index (χ4n) is 3.74. The minimum atomic E-state index is -0.0255. The number of piperazine rings is 1. The number of anilines is 1. The van der Waals surface area contributed by atoms with Gasteiger partial charge < -0.3 is 15.1 Å². The third-order valence-electron chi connectivity index (χ3n) is 5.24. The van der Waals surface area contributed by atoms with Gasteiger partial charge in [0, 0.05) is 12.2 Å². The summed E-state index contributed by atoms with van der Waals surface area (Å²) in [4.78, 5) is 29.0. The van der Waals surface area contributed by atoms with Crippen molar-refractivity contribution in [1.29, 1.82) is 0 Å². The Morgan fingerprint density at radius 3 is 2.57 bits per heavy atom. The molecule has 1 aliphatic rings. The number of rotatable bonds is 7. The lowest BCUT2D eigenvalue weighted by Crippen LogP contribution is -2.59. The summed E-state index contributed by atoms with van der Waals surface area (Å²) in [5, 5.41) is 2.91. The van der Waals surface area contributed by atoms with E-state index in [9.17, 15) is 9.59 Å². The molecule has 5 nitrogen and oxygen atoms in total. The van der Waals surface area contributed by atoms with Gasteiger partial charge in [-0.25, -0.2) is 0 Å². The number of amides is 2. The van der Waals surface area contributed by atoms with E-state index >= 15 is 0 Å². The number of hydrogen-bond acceptors (Lipinski definition) is 3.